The second-order valence-corrected chi connectivity index (χ2v) is 10.1. The number of fused-ring (bicyclic) bond motifs is 1. The molecule has 1 amide bonds. The maximum Gasteiger partial charge on any atom is 0.247 e. The molecule has 0 saturated carbocycles. The predicted molar refractivity (Wildman–Crippen MR) is 119 cm³/mol. The van der Waals surface area contributed by atoms with E-state index >= 15 is 0 Å². The van der Waals surface area contributed by atoms with Crippen molar-refractivity contribution in [2.45, 2.75) is 37.8 Å². The molecule has 2 aromatic carbocycles. The van der Waals surface area contributed by atoms with Crippen LogP contribution in [0.15, 0.2) is 47.4 Å². The molecule has 174 valence electrons. The number of rotatable bonds is 5. The summed E-state index contributed by atoms with van der Waals surface area (Å²) in [4.78, 5) is 13.3. The average Bonchev–Trinajstić information content (AvgIpc) is 2.75. The van der Waals surface area contributed by atoms with Crippen molar-refractivity contribution in [3.63, 3.8) is 0 Å². The number of hydrogen-bond donors (Lipinski definition) is 1. The van der Waals surface area contributed by atoms with E-state index in [2.05, 4.69) is 0 Å². The zero-order chi connectivity index (χ0) is 23.6. The quantitative estimate of drug-likeness (QED) is 0.735. The van der Waals surface area contributed by atoms with E-state index in [4.69, 9.17) is 4.74 Å². The lowest BCUT2D eigenvalue weighted by atomic mass is 10.0. The third-order valence-corrected chi connectivity index (χ3v) is 7.86. The number of benzene rings is 2. The number of aliphatic hydroxyl groups is 1. The first-order valence-electron chi connectivity index (χ1n) is 10.5. The fourth-order valence-corrected chi connectivity index (χ4v) is 5.53. The van der Waals surface area contributed by atoms with Crippen LogP contribution in [-0.4, -0.2) is 67.5 Å². The molecular weight excluding hydrogens is 435 g/mol. The Morgan fingerprint density at radius 2 is 2.00 bits per heavy atom. The molecule has 0 spiro atoms. The summed E-state index contributed by atoms with van der Waals surface area (Å²) in [6.07, 6.45) is -0.512. The molecule has 0 aromatic heterocycles. The van der Waals surface area contributed by atoms with Crippen LogP contribution in [0.1, 0.15) is 20.8 Å². The van der Waals surface area contributed by atoms with Crippen molar-refractivity contribution in [3.8, 4) is 16.9 Å². The van der Waals surface area contributed by atoms with E-state index in [1.807, 2.05) is 6.92 Å². The molecule has 32 heavy (non-hydrogen) atoms. The standard InChI is InChI=1S/C23H29FN2O5S/c1-15-12-26(16(2)14-27)32(29,30)23-10-9-18(19-7-5-6-8-20(19)24)11-21(23)31-22(15)13-25(4)17(3)28/h5-11,15-16,22,27H,12-14H2,1-4H3/t15-,16-,22+/m0/s1. The predicted octanol–water partition coefficient (Wildman–Crippen LogP) is 2.74. The molecule has 2 aromatic rings. The molecule has 3 atom stereocenters. The molecule has 0 bridgehead atoms. The number of hydrogen-bond acceptors (Lipinski definition) is 5. The number of aliphatic hydroxyl groups excluding tert-OH is 1. The maximum absolute atomic E-state index is 14.4. The summed E-state index contributed by atoms with van der Waals surface area (Å²) in [7, 11) is -2.34. The Hall–Kier alpha value is -2.49. The molecule has 0 radical (unpaired) electrons. The van der Waals surface area contributed by atoms with Crippen LogP contribution in [0.2, 0.25) is 0 Å². The second-order valence-electron chi connectivity index (χ2n) is 8.28. The van der Waals surface area contributed by atoms with Crippen molar-refractivity contribution in [2.24, 2.45) is 5.92 Å². The summed E-state index contributed by atoms with van der Waals surface area (Å²) in [6.45, 7) is 4.96. The van der Waals surface area contributed by atoms with Gasteiger partial charge >= 0.3 is 0 Å². The largest absolute Gasteiger partial charge is 0.487 e. The van der Waals surface area contributed by atoms with Crippen molar-refractivity contribution >= 4 is 15.9 Å². The van der Waals surface area contributed by atoms with Gasteiger partial charge in [0.2, 0.25) is 15.9 Å². The van der Waals surface area contributed by atoms with Gasteiger partial charge in [-0.2, -0.15) is 4.31 Å². The molecule has 9 heteroatoms. The number of likely N-dealkylation sites (N-methyl/N-ethyl adjacent to an activating group) is 1. The van der Waals surface area contributed by atoms with Crippen LogP contribution < -0.4 is 4.74 Å². The van der Waals surface area contributed by atoms with Crippen LogP contribution in [0.4, 0.5) is 4.39 Å². The minimum atomic E-state index is -3.99. The van der Waals surface area contributed by atoms with Crippen LogP contribution in [-0.2, 0) is 14.8 Å². The summed E-state index contributed by atoms with van der Waals surface area (Å²) < 4.78 is 48.8. The molecule has 3 rings (SSSR count). The first-order valence-corrected chi connectivity index (χ1v) is 11.9. The SMILES string of the molecule is CC(=O)N(C)C[C@H]1Oc2cc(-c3ccccc3F)ccc2S(=O)(=O)N([C@@H](C)CO)C[C@@H]1C. The topological polar surface area (TPSA) is 87.2 Å². The minimum absolute atomic E-state index is 0.0553. The van der Waals surface area contributed by atoms with Gasteiger partial charge in [0.25, 0.3) is 0 Å². The van der Waals surface area contributed by atoms with Gasteiger partial charge in [0.15, 0.2) is 0 Å². The number of nitrogens with zero attached hydrogens (tertiary/aromatic N) is 2. The molecule has 0 unspecified atom stereocenters. The highest BCUT2D eigenvalue weighted by Gasteiger charge is 2.38. The Morgan fingerprint density at radius 3 is 2.62 bits per heavy atom. The van der Waals surface area contributed by atoms with E-state index in [9.17, 15) is 22.7 Å². The molecule has 1 aliphatic rings. The highest BCUT2D eigenvalue weighted by molar-refractivity contribution is 7.89. The van der Waals surface area contributed by atoms with Gasteiger partial charge < -0.3 is 14.7 Å². The molecule has 7 nitrogen and oxygen atoms in total. The Kier molecular flexibility index (Phi) is 7.22. The Labute approximate surface area is 188 Å². The number of sulfonamides is 1. The molecule has 0 fully saturated rings. The third kappa shape index (κ3) is 4.79. The summed E-state index contributed by atoms with van der Waals surface area (Å²) in [5.74, 6) is -0.769. The highest BCUT2D eigenvalue weighted by Crippen LogP contribution is 2.37. The fraction of sp³-hybridized carbons (Fsp3) is 0.435. The molecule has 1 heterocycles. The van der Waals surface area contributed by atoms with Crippen LogP contribution in [0, 0.1) is 11.7 Å². The number of halogens is 1. The summed E-state index contributed by atoms with van der Waals surface area (Å²) >= 11 is 0. The summed E-state index contributed by atoms with van der Waals surface area (Å²) in [5, 5.41) is 9.69. The van der Waals surface area contributed by atoms with E-state index in [0.29, 0.717) is 11.1 Å². The number of carbonyl (C=O) groups is 1. The molecule has 1 N–H and O–H groups in total. The Bertz CT molecular complexity index is 1090. The summed E-state index contributed by atoms with van der Waals surface area (Å²) in [6, 6.07) is 10.0. The molecule has 0 saturated heterocycles. The lowest BCUT2D eigenvalue weighted by Crippen LogP contribution is -2.50. The van der Waals surface area contributed by atoms with Crippen molar-refractivity contribution in [1.82, 2.24) is 9.21 Å². The zero-order valence-corrected chi connectivity index (χ0v) is 19.5. The van der Waals surface area contributed by atoms with Crippen molar-refractivity contribution < 1.29 is 27.4 Å². The number of amides is 1. The monoisotopic (exact) mass is 464 g/mol. The van der Waals surface area contributed by atoms with Crippen molar-refractivity contribution in [2.75, 3.05) is 26.7 Å². The lowest BCUT2D eigenvalue weighted by molar-refractivity contribution is -0.129. The highest BCUT2D eigenvalue weighted by atomic mass is 32.2. The number of ether oxygens (including phenoxy) is 1. The van der Waals surface area contributed by atoms with E-state index in [0.717, 1.165) is 0 Å². The van der Waals surface area contributed by atoms with Crippen LogP contribution in [0.25, 0.3) is 11.1 Å². The van der Waals surface area contributed by atoms with Crippen LogP contribution in [0.3, 0.4) is 0 Å². The normalized spacial score (nSPS) is 21.6. The first-order chi connectivity index (χ1) is 15.1. The van der Waals surface area contributed by atoms with Crippen LogP contribution >= 0.6 is 0 Å². The van der Waals surface area contributed by atoms with Gasteiger partial charge in [-0.05, 0) is 30.7 Å². The van der Waals surface area contributed by atoms with E-state index in [-0.39, 0.29) is 42.2 Å². The van der Waals surface area contributed by atoms with Gasteiger partial charge in [0, 0.05) is 38.0 Å². The summed E-state index contributed by atoms with van der Waals surface area (Å²) in [5.41, 5.74) is 0.801. The Balaban J connectivity index is 2.16. The van der Waals surface area contributed by atoms with Gasteiger partial charge in [0.05, 0.1) is 13.2 Å². The average molecular weight is 465 g/mol. The molecule has 1 aliphatic heterocycles. The van der Waals surface area contributed by atoms with Gasteiger partial charge in [-0.25, -0.2) is 12.8 Å². The van der Waals surface area contributed by atoms with Crippen molar-refractivity contribution in [1.29, 1.82) is 0 Å². The minimum Gasteiger partial charge on any atom is -0.487 e. The molecular formula is C23H29FN2O5S. The first kappa shape index (κ1) is 24.2. The maximum atomic E-state index is 14.4. The zero-order valence-electron chi connectivity index (χ0n) is 18.7. The lowest BCUT2D eigenvalue weighted by Gasteiger charge is -2.37. The third-order valence-electron chi connectivity index (χ3n) is 5.84. The van der Waals surface area contributed by atoms with E-state index in [1.165, 1.54) is 34.3 Å². The van der Waals surface area contributed by atoms with Crippen LogP contribution in [0.5, 0.6) is 5.75 Å². The van der Waals surface area contributed by atoms with Gasteiger partial charge in [-0.15, -0.1) is 0 Å². The van der Waals surface area contributed by atoms with Gasteiger partial charge in [-0.1, -0.05) is 31.2 Å². The van der Waals surface area contributed by atoms with E-state index < -0.39 is 28.0 Å². The fourth-order valence-electron chi connectivity index (χ4n) is 3.70. The van der Waals surface area contributed by atoms with Gasteiger partial charge in [0.1, 0.15) is 22.6 Å². The second kappa shape index (κ2) is 9.56. The smallest absolute Gasteiger partial charge is 0.247 e. The van der Waals surface area contributed by atoms with Crippen molar-refractivity contribution in [3.05, 3.63) is 48.3 Å². The molecule has 0 aliphatic carbocycles. The Morgan fingerprint density at radius 1 is 1.31 bits per heavy atom. The van der Waals surface area contributed by atoms with Gasteiger partial charge in [-0.3, -0.25) is 4.79 Å². The number of carbonyl (C=O) groups excluding carboxylic acids is 1. The van der Waals surface area contributed by atoms with E-state index in [1.54, 1.807) is 38.2 Å².